The van der Waals surface area contributed by atoms with Gasteiger partial charge >= 0.3 is 0 Å². The summed E-state index contributed by atoms with van der Waals surface area (Å²) in [5, 5.41) is 20.6. The molecule has 1 heterocycles. The minimum atomic E-state index is -1.62. The fourth-order valence-electron chi connectivity index (χ4n) is 3.60. The summed E-state index contributed by atoms with van der Waals surface area (Å²) in [4.78, 5) is 0. The second-order valence-corrected chi connectivity index (χ2v) is 7.42. The molecule has 1 aliphatic rings. The lowest BCUT2D eigenvalue weighted by molar-refractivity contribution is -0.221. The maximum Gasteiger partial charge on any atom is 0.157 e. The Morgan fingerprint density at radius 3 is 2.52 bits per heavy atom. The molecule has 0 unspecified atom stereocenters. The first-order valence-electron chi connectivity index (χ1n) is 9.59. The van der Waals surface area contributed by atoms with E-state index < -0.39 is 37.2 Å². The maximum atomic E-state index is 14.4. The van der Waals surface area contributed by atoms with Crippen LogP contribution in [0.2, 0.25) is 5.02 Å². The van der Waals surface area contributed by atoms with Gasteiger partial charge in [0, 0.05) is 12.1 Å². The molecule has 0 radical (unpaired) electrons. The van der Waals surface area contributed by atoms with Gasteiger partial charge in [0.2, 0.25) is 0 Å². The van der Waals surface area contributed by atoms with E-state index in [2.05, 4.69) is 0 Å². The molecule has 0 amide bonds. The Hall–Kier alpha value is -1.70. The van der Waals surface area contributed by atoms with E-state index in [1.165, 1.54) is 7.11 Å². The third kappa shape index (κ3) is 4.90. The molecule has 0 saturated carbocycles. The maximum absolute atomic E-state index is 14.4. The molecule has 158 valence electrons. The van der Waals surface area contributed by atoms with Crippen molar-refractivity contribution >= 4 is 11.6 Å². The van der Waals surface area contributed by atoms with Crippen molar-refractivity contribution in [3.63, 3.8) is 0 Å². The van der Waals surface area contributed by atoms with E-state index in [-0.39, 0.29) is 0 Å². The van der Waals surface area contributed by atoms with Gasteiger partial charge in [0.1, 0.15) is 30.2 Å². The quantitative estimate of drug-likeness (QED) is 0.712. The molecule has 2 N–H and O–H groups in total. The van der Waals surface area contributed by atoms with Gasteiger partial charge in [-0.3, -0.25) is 0 Å². The summed E-state index contributed by atoms with van der Waals surface area (Å²) in [5.74, 6) is 0.802. The predicted octanol–water partition coefficient (Wildman–Crippen LogP) is 3.48. The van der Waals surface area contributed by atoms with Crippen molar-refractivity contribution in [3.05, 3.63) is 64.2 Å². The monoisotopic (exact) mass is 424 g/mol. The van der Waals surface area contributed by atoms with Crippen molar-refractivity contribution in [2.45, 2.75) is 43.9 Å². The summed E-state index contributed by atoms with van der Waals surface area (Å²) in [7, 11) is 1.33. The van der Waals surface area contributed by atoms with Crippen LogP contribution in [0.25, 0.3) is 0 Å². The number of aliphatic hydroxyl groups excluding tert-OH is 2. The van der Waals surface area contributed by atoms with Crippen LogP contribution in [-0.4, -0.2) is 55.0 Å². The van der Waals surface area contributed by atoms with Crippen LogP contribution >= 0.6 is 11.6 Å². The van der Waals surface area contributed by atoms with Gasteiger partial charge in [-0.05, 0) is 48.2 Å². The lowest BCUT2D eigenvalue weighted by Gasteiger charge is -2.40. The Morgan fingerprint density at radius 2 is 1.90 bits per heavy atom. The van der Waals surface area contributed by atoms with Crippen LogP contribution in [-0.2, 0) is 15.9 Å². The molecule has 3 rings (SSSR count). The van der Waals surface area contributed by atoms with E-state index in [1.54, 1.807) is 12.1 Å². The highest BCUT2D eigenvalue weighted by molar-refractivity contribution is 6.31. The summed E-state index contributed by atoms with van der Waals surface area (Å²) in [6, 6.07) is 13.0. The van der Waals surface area contributed by atoms with Crippen LogP contribution in [0.3, 0.4) is 0 Å². The zero-order valence-electron chi connectivity index (χ0n) is 16.4. The number of aliphatic hydroxyl groups is 2. The number of hydrogen-bond donors (Lipinski definition) is 2. The Morgan fingerprint density at radius 1 is 1.17 bits per heavy atom. The van der Waals surface area contributed by atoms with E-state index in [0.717, 1.165) is 16.9 Å². The van der Waals surface area contributed by atoms with E-state index in [9.17, 15) is 14.6 Å². The second kappa shape index (κ2) is 9.87. The van der Waals surface area contributed by atoms with Crippen LogP contribution in [0.15, 0.2) is 42.5 Å². The molecule has 1 aliphatic heterocycles. The average Bonchev–Trinajstić information content (AvgIpc) is 2.72. The lowest BCUT2D eigenvalue weighted by atomic mass is 9.90. The van der Waals surface area contributed by atoms with Crippen molar-refractivity contribution < 1.29 is 28.8 Å². The highest BCUT2D eigenvalue weighted by Crippen LogP contribution is 2.36. The number of benzene rings is 2. The molecule has 1 fully saturated rings. The van der Waals surface area contributed by atoms with Crippen molar-refractivity contribution in [2.24, 2.45) is 0 Å². The third-order valence-corrected chi connectivity index (χ3v) is 5.49. The smallest absolute Gasteiger partial charge is 0.157 e. The molecule has 29 heavy (non-hydrogen) atoms. The first kappa shape index (κ1) is 22.0. The van der Waals surface area contributed by atoms with Crippen LogP contribution < -0.4 is 4.74 Å². The molecule has 2 aromatic rings. The summed E-state index contributed by atoms with van der Waals surface area (Å²) in [6.45, 7) is 2.03. The van der Waals surface area contributed by atoms with Crippen LogP contribution in [0.4, 0.5) is 4.39 Å². The lowest BCUT2D eigenvalue weighted by Crippen LogP contribution is -2.54. The summed E-state index contributed by atoms with van der Waals surface area (Å²) >= 11 is 6.38. The van der Waals surface area contributed by atoms with Gasteiger partial charge in [0.15, 0.2) is 6.17 Å². The average molecular weight is 425 g/mol. The summed E-state index contributed by atoms with van der Waals surface area (Å²) in [5.41, 5.74) is 2.54. The van der Waals surface area contributed by atoms with Crippen molar-refractivity contribution in [2.75, 3.05) is 20.3 Å². The molecule has 1 saturated heterocycles. The standard InChI is InChI=1S/C22H26ClFO5/c1-3-28-16-7-4-13(5-8-16)10-15-11-14(6-9-17(15)23)21-20(26)22(27-2)19(24)18(12-25)29-21/h4-9,11,18-22,25-26H,3,10,12H2,1-2H3/t18-,19-,20+,21+,22+/m1/s1. The number of methoxy groups -OCH3 is 1. The molecule has 5 atom stereocenters. The van der Waals surface area contributed by atoms with Crippen LogP contribution in [0, 0.1) is 0 Å². The Bertz CT molecular complexity index is 800. The number of ether oxygens (including phenoxy) is 3. The molecular formula is C22H26ClFO5. The number of alkyl halides is 1. The largest absolute Gasteiger partial charge is 0.494 e. The number of halogens is 2. The molecule has 0 bridgehead atoms. The van der Waals surface area contributed by atoms with Crippen molar-refractivity contribution in [3.8, 4) is 5.75 Å². The normalized spacial score (nSPS) is 27.0. The molecule has 0 aliphatic carbocycles. The SMILES string of the molecule is CCOc1ccc(Cc2cc([C@@H]3O[C@H](CO)[C@@H](F)[C@H](OC)[C@H]3O)ccc2Cl)cc1. The molecule has 5 nitrogen and oxygen atoms in total. The second-order valence-electron chi connectivity index (χ2n) is 7.02. The fraction of sp³-hybridized carbons (Fsp3) is 0.455. The fourth-order valence-corrected chi connectivity index (χ4v) is 3.79. The van der Waals surface area contributed by atoms with E-state index >= 15 is 0 Å². The molecule has 2 aromatic carbocycles. The van der Waals surface area contributed by atoms with Gasteiger partial charge in [0.05, 0.1) is 13.2 Å². The predicted molar refractivity (Wildman–Crippen MR) is 108 cm³/mol. The van der Waals surface area contributed by atoms with E-state index in [1.807, 2.05) is 37.3 Å². The van der Waals surface area contributed by atoms with Gasteiger partial charge in [-0.25, -0.2) is 4.39 Å². The summed E-state index contributed by atoms with van der Waals surface area (Å²) < 4.78 is 30.6. The third-order valence-electron chi connectivity index (χ3n) is 5.12. The highest BCUT2D eigenvalue weighted by atomic mass is 35.5. The van der Waals surface area contributed by atoms with Crippen LogP contribution in [0.5, 0.6) is 5.75 Å². The Kier molecular flexibility index (Phi) is 7.49. The molecule has 0 aromatic heterocycles. The highest BCUT2D eigenvalue weighted by Gasteiger charge is 2.46. The van der Waals surface area contributed by atoms with Gasteiger partial charge in [0.25, 0.3) is 0 Å². The first-order chi connectivity index (χ1) is 14.0. The van der Waals surface area contributed by atoms with Gasteiger partial charge in [-0.2, -0.15) is 0 Å². The Balaban J connectivity index is 1.84. The first-order valence-corrected chi connectivity index (χ1v) is 9.97. The van der Waals surface area contributed by atoms with Gasteiger partial charge in [-0.15, -0.1) is 0 Å². The van der Waals surface area contributed by atoms with E-state index in [0.29, 0.717) is 23.6 Å². The number of hydrogen-bond acceptors (Lipinski definition) is 5. The van der Waals surface area contributed by atoms with Gasteiger partial charge < -0.3 is 24.4 Å². The zero-order valence-corrected chi connectivity index (χ0v) is 17.2. The molecular weight excluding hydrogens is 399 g/mol. The molecule has 0 spiro atoms. The van der Waals surface area contributed by atoms with Crippen molar-refractivity contribution in [1.82, 2.24) is 0 Å². The van der Waals surface area contributed by atoms with Gasteiger partial charge in [-0.1, -0.05) is 35.9 Å². The molecule has 7 heteroatoms. The van der Waals surface area contributed by atoms with Crippen molar-refractivity contribution in [1.29, 1.82) is 0 Å². The zero-order chi connectivity index (χ0) is 21.0. The summed E-state index contributed by atoms with van der Waals surface area (Å²) in [6.07, 6.45) is -5.25. The number of rotatable bonds is 7. The van der Waals surface area contributed by atoms with E-state index in [4.69, 9.17) is 25.8 Å². The topological polar surface area (TPSA) is 68.2 Å². The van der Waals surface area contributed by atoms with Crippen LogP contribution in [0.1, 0.15) is 29.7 Å². The minimum Gasteiger partial charge on any atom is -0.494 e. The minimum absolute atomic E-state index is 0.503. The Labute approximate surface area is 175 Å².